The normalized spacial score (nSPS) is 11.1. The molecule has 312 valence electrons. The number of benzene rings is 7. The third-order valence-electron chi connectivity index (χ3n) is 12.2. The van der Waals surface area contributed by atoms with E-state index in [4.69, 9.17) is 4.74 Å². The fourth-order valence-corrected chi connectivity index (χ4v) is 8.83. The predicted molar refractivity (Wildman–Crippen MR) is 270 cm³/mol. The summed E-state index contributed by atoms with van der Waals surface area (Å²) >= 11 is 0. The average Bonchev–Trinajstić information content (AvgIpc) is 3.36. The second-order valence-corrected chi connectivity index (χ2v) is 16.7. The average molecular weight is 838 g/mol. The van der Waals surface area contributed by atoms with Gasteiger partial charge in [-0.05, 0) is 165 Å². The van der Waals surface area contributed by atoms with Crippen LogP contribution in [0, 0.1) is 20.8 Å². The zero-order chi connectivity index (χ0) is 44.3. The van der Waals surface area contributed by atoms with Crippen LogP contribution in [-0.4, -0.2) is 22.1 Å². The van der Waals surface area contributed by atoms with Gasteiger partial charge in [-0.15, -0.1) is 0 Å². The summed E-state index contributed by atoms with van der Waals surface area (Å²) in [5, 5.41) is 0. The summed E-state index contributed by atoms with van der Waals surface area (Å²) in [5.41, 5.74) is 23.0. The quantitative estimate of drug-likeness (QED) is 0.138. The van der Waals surface area contributed by atoms with Gasteiger partial charge in [0.2, 0.25) is 0 Å². The number of hydrogen-bond acceptors (Lipinski definition) is 4. The number of methoxy groups -OCH3 is 1. The molecule has 0 spiro atoms. The molecule has 0 N–H and O–H groups in total. The molecule has 4 heteroatoms. The standard InChI is InChI=1S/C61H47N3O/c1-40-27-30-62-58(33-40)45-21-17-43(18-22-45)51-11-5-7-13-53(51)48-36-49(54-14-8-6-12-52(54)44-19-23-46(24-20-44)59-34-41(2)28-31-63-59)38-50(37-48)55-15-9-10-16-56(55)57-26-25-47(39-61(57)65-4)60-35-42(3)29-32-64-60/h5-39H,1-4H3. The van der Waals surface area contributed by atoms with E-state index in [-0.39, 0.29) is 0 Å². The highest BCUT2D eigenvalue weighted by Gasteiger charge is 2.18. The number of hydrogen-bond donors (Lipinski definition) is 0. The van der Waals surface area contributed by atoms with E-state index in [1.165, 1.54) is 11.1 Å². The number of aryl methyl sites for hydroxylation is 3. The number of aromatic nitrogens is 3. The van der Waals surface area contributed by atoms with Crippen LogP contribution in [0.15, 0.2) is 213 Å². The fourth-order valence-electron chi connectivity index (χ4n) is 8.83. The molecule has 0 aliphatic carbocycles. The molecule has 10 rings (SSSR count). The van der Waals surface area contributed by atoms with Gasteiger partial charge in [0.1, 0.15) is 5.75 Å². The maximum atomic E-state index is 6.15. The van der Waals surface area contributed by atoms with Crippen LogP contribution >= 0.6 is 0 Å². The van der Waals surface area contributed by atoms with E-state index >= 15 is 0 Å². The van der Waals surface area contributed by atoms with Crippen LogP contribution in [0.5, 0.6) is 5.75 Å². The smallest absolute Gasteiger partial charge is 0.127 e. The van der Waals surface area contributed by atoms with Crippen molar-refractivity contribution in [3.05, 3.63) is 229 Å². The Morgan fingerprint density at radius 1 is 0.277 bits per heavy atom. The molecule has 3 heterocycles. The lowest BCUT2D eigenvalue weighted by Crippen LogP contribution is -1.94. The van der Waals surface area contributed by atoms with Gasteiger partial charge in [0.25, 0.3) is 0 Å². The molecule has 65 heavy (non-hydrogen) atoms. The zero-order valence-corrected chi connectivity index (χ0v) is 37.0. The van der Waals surface area contributed by atoms with Crippen LogP contribution in [0.3, 0.4) is 0 Å². The van der Waals surface area contributed by atoms with Gasteiger partial charge < -0.3 is 4.74 Å². The molecule has 7 aromatic carbocycles. The number of pyridine rings is 3. The summed E-state index contributed by atoms with van der Waals surface area (Å²) in [4.78, 5) is 14.0. The first-order valence-corrected chi connectivity index (χ1v) is 22.0. The van der Waals surface area contributed by atoms with Crippen molar-refractivity contribution >= 4 is 0 Å². The van der Waals surface area contributed by atoms with Crippen LogP contribution in [0.1, 0.15) is 16.7 Å². The Morgan fingerprint density at radius 2 is 0.600 bits per heavy atom. The molecule has 10 aromatic rings. The van der Waals surface area contributed by atoms with Crippen LogP contribution in [0.25, 0.3) is 101 Å². The summed E-state index contributed by atoms with van der Waals surface area (Å²) in [6, 6.07) is 69.6. The van der Waals surface area contributed by atoms with Gasteiger partial charge in [-0.25, -0.2) is 0 Å². The third kappa shape index (κ3) is 8.50. The van der Waals surface area contributed by atoms with Crippen LogP contribution in [-0.2, 0) is 0 Å². The Bertz CT molecular complexity index is 3180. The molecule has 0 saturated heterocycles. The number of ether oxygens (including phenoxy) is 1. The Morgan fingerprint density at radius 3 is 0.985 bits per heavy atom. The highest BCUT2D eigenvalue weighted by atomic mass is 16.5. The molecule has 0 amide bonds. The highest BCUT2D eigenvalue weighted by Crippen LogP contribution is 2.44. The lowest BCUT2D eigenvalue weighted by molar-refractivity contribution is 0.416. The van der Waals surface area contributed by atoms with Crippen molar-refractivity contribution in [3.8, 4) is 106 Å². The highest BCUT2D eigenvalue weighted by molar-refractivity contribution is 5.95. The van der Waals surface area contributed by atoms with Gasteiger partial charge in [0.05, 0.1) is 24.2 Å². The van der Waals surface area contributed by atoms with E-state index in [2.05, 4.69) is 212 Å². The van der Waals surface area contributed by atoms with Crippen molar-refractivity contribution in [2.24, 2.45) is 0 Å². The van der Waals surface area contributed by atoms with Gasteiger partial charge in [-0.3, -0.25) is 15.0 Å². The monoisotopic (exact) mass is 837 g/mol. The van der Waals surface area contributed by atoms with E-state index in [9.17, 15) is 0 Å². The minimum absolute atomic E-state index is 0.791. The largest absolute Gasteiger partial charge is 0.496 e. The Balaban J connectivity index is 1.13. The van der Waals surface area contributed by atoms with E-state index in [1.807, 2.05) is 36.8 Å². The Labute approximate surface area is 381 Å². The van der Waals surface area contributed by atoms with Crippen molar-refractivity contribution in [3.63, 3.8) is 0 Å². The van der Waals surface area contributed by atoms with Crippen molar-refractivity contribution in [1.82, 2.24) is 15.0 Å². The van der Waals surface area contributed by atoms with E-state index in [0.717, 1.165) is 112 Å². The molecule has 0 unspecified atom stereocenters. The van der Waals surface area contributed by atoms with E-state index in [0.29, 0.717) is 0 Å². The summed E-state index contributed by atoms with van der Waals surface area (Å²) in [6.07, 6.45) is 5.61. The maximum absolute atomic E-state index is 6.15. The molecular weight excluding hydrogens is 791 g/mol. The molecule has 3 aromatic heterocycles. The Hall–Kier alpha value is -8.21. The SMILES string of the molecule is COc1cc(-c2cc(C)ccn2)ccc1-c1ccccc1-c1cc(-c2ccccc2-c2ccc(-c3cc(C)ccn3)cc2)cc(-c2ccccc2-c2ccc(-c3cc(C)ccn3)cc2)c1. The third-order valence-corrected chi connectivity index (χ3v) is 12.2. The minimum Gasteiger partial charge on any atom is -0.496 e. The second kappa shape index (κ2) is 17.9. The minimum atomic E-state index is 0.791. The van der Waals surface area contributed by atoms with E-state index < -0.39 is 0 Å². The topological polar surface area (TPSA) is 47.9 Å². The van der Waals surface area contributed by atoms with Gasteiger partial charge in [0, 0.05) is 40.8 Å². The summed E-state index contributed by atoms with van der Waals surface area (Å²) in [5.74, 6) is 0.791. The first-order valence-electron chi connectivity index (χ1n) is 22.0. The lowest BCUT2D eigenvalue weighted by Gasteiger charge is -2.19. The molecule has 0 aliphatic rings. The second-order valence-electron chi connectivity index (χ2n) is 16.7. The maximum Gasteiger partial charge on any atom is 0.127 e. The molecular formula is C61H47N3O. The van der Waals surface area contributed by atoms with Crippen molar-refractivity contribution in [2.45, 2.75) is 20.8 Å². The van der Waals surface area contributed by atoms with Gasteiger partial charge >= 0.3 is 0 Å². The van der Waals surface area contributed by atoms with E-state index in [1.54, 1.807) is 7.11 Å². The zero-order valence-electron chi connectivity index (χ0n) is 37.0. The Kier molecular flexibility index (Phi) is 11.2. The van der Waals surface area contributed by atoms with Crippen LogP contribution in [0.4, 0.5) is 0 Å². The van der Waals surface area contributed by atoms with Crippen LogP contribution in [0.2, 0.25) is 0 Å². The molecule has 0 saturated carbocycles. The molecule has 0 radical (unpaired) electrons. The summed E-state index contributed by atoms with van der Waals surface area (Å²) in [6.45, 7) is 6.29. The first kappa shape index (κ1) is 40.8. The van der Waals surface area contributed by atoms with Gasteiger partial charge in [-0.1, -0.05) is 127 Å². The number of rotatable bonds is 10. The molecule has 0 atom stereocenters. The molecule has 4 nitrogen and oxygen atoms in total. The predicted octanol–water partition coefficient (Wildman–Crippen LogP) is 15.8. The summed E-state index contributed by atoms with van der Waals surface area (Å²) < 4.78 is 6.15. The van der Waals surface area contributed by atoms with Crippen molar-refractivity contribution in [2.75, 3.05) is 7.11 Å². The summed E-state index contributed by atoms with van der Waals surface area (Å²) in [7, 11) is 1.75. The lowest BCUT2D eigenvalue weighted by atomic mass is 9.86. The van der Waals surface area contributed by atoms with Gasteiger partial charge in [-0.2, -0.15) is 0 Å². The number of nitrogens with zero attached hydrogens (tertiary/aromatic N) is 3. The molecule has 0 aliphatic heterocycles. The molecule has 0 fully saturated rings. The van der Waals surface area contributed by atoms with Crippen molar-refractivity contribution < 1.29 is 4.74 Å². The van der Waals surface area contributed by atoms with Gasteiger partial charge in [0.15, 0.2) is 0 Å². The fraction of sp³-hybridized carbons (Fsp3) is 0.0656. The van der Waals surface area contributed by atoms with Crippen LogP contribution < -0.4 is 4.74 Å². The first-order chi connectivity index (χ1) is 31.9. The molecule has 0 bridgehead atoms. The van der Waals surface area contributed by atoms with Crippen molar-refractivity contribution in [1.29, 1.82) is 0 Å².